The molecule has 1 amide bonds. The number of rotatable bonds is 3. The summed E-state index contributed by atoms with van der Waals surface area (Å²) in [5.74, 6) is 0.670. The van der Waals surface area contributed by atoms with Crippen molar-refractivity contribution in [2.75, 3.05) is 26.3 Å². The van der Waals surface area contributed by atoms with Crippen molar-refractivity contribution in [3.05, 3.63) is 41.3 Å². The molecule has 1 aromatic rings. The van der Waals surface area contributed by atoms with Crippen LogP contribution in [0.4, 0.5) is 13.2 Å². The lowest BCUT2D eigenvalue weighted by molar-refractivity contribution is -0.138. The Kier molecular flexibility index (Phi) is 5.29. The van der Waals surface area contributed by atoms with Crippen LogP contribution in [0, 0.1) is 0 Å². The molecule has 1 saturated heterocycles. The van der Waals surface area contributed by atoms with Crippen molar-refractivity contribution >= 4 is 5.91 Å². The number of carbonyl (C=O) groups is 1. The molecule has 5 nitrogen and oxygen atoms in total. The molecular formula is C18H20F3NO4. The smallest absolute Gasteiger partial charge is 0.416 e. The lowest BCUT2D eigenvalue weighted by Crippen LogP contribution is -2.43. The van der Waals surface area contributed by atoms with Crippen molar-refractivity contribution in [1.29, 1.82) is 0 Å². The largest absolute Gasteiger partial charge is 0.491 e. The molecule has 2 heterocycles. The van der Waals surface area contributed by atoms with Gasteiger partial charge in [-0.1, -0.05) is 6.07 Å². The third kappa shape index (κ3) is 4.23. The molecule has 0 unspecified atom stereocenters. The minimum atomic E-state index is -4.40. The van der Waals surface area contributed by atoms with Crippen LogP contribution in [0.25, 0.3) is 0 Å². The first-order valence-corrected chi connectivity index (χ1v) is 8.44. The number of ether oxygens (including phenoxy) is 3. The van der Waals surface area contributed by atoms with Crippen molar-refractivity contribution in [3.63, 3.8) is 0 Å². The molecule has 8 heteroatoms. The summed E-state index contributed by atoms with van der Waals surface area (Å²) in [5, 5.41) is 0. The quantitative estimate of drug-likeness (QED) is 0.818. The highest BCUT2D eigenvalue weighted by molar-refractivity contribution is 5.92. The molecular weight excluding hydrogens is 351 g/mol. The van der Waals surface area contributed by atoms with E-state index in [1.54, 1.807) is 11.8 Å². The lowest BCUT2D eigenvalue weighted by Gasteiger charge is -2.33. The van der Waals surface area contributed by atoms with E-state index in [2.05, 4.69) is 0 Å². The number of alkyl halides is 3. The van der Waals surface area contributed by atoms with Gasteiger partial charge in [0.15, 0.2) is 0 Å². The Morgan fingerprint density at radius 2 is 1.88 bits per heavy atom. The van der Waals surface area contributed by atoms with Gasteiger partial charge >= 0.3 is 6.18 Å². The summed E-state index contributed by atoms with van der Waals surface area (Å²) in [6.45, 7) is 3.35. The Morgan fingerprint density at radius 1 is 1.19 bits per heavy atom. The lowest BCUT2D eigenvalue weighted by atomic mass is 10.1. The van der Waals surface area contributed by atoms with E-state index in [1.807, 2.05) is 0 Å². The summed E-state index contributed by atoms with van der Waals surface area (Å²) in [6.07, 6.45) is -3.56. The van der Waals surface area contributed by atoms with Gasteiger partial charge in [0.1, 0.15) is 30.8 Å². The van der Waals surface area contributed by atoms with Crippen LogP contribution in [0.2, 0.25) is 0 Å². The van der Waals surface area contributed by atoms with Gasteiger partial charge in [-0.15, -0.1) is 0 Å². The van der Waals surface area contributed by atoms with Crippen LogP contribution in [0.5, 0.6) is 5.75 Å². The van der Waals surface area contributed by atoms with Crippen LogP contribution in [0.1, 0.15) is 25.3 Å². The van der Waals surface area contributed by atoms with Gasteiger partial charge in [0.25, 0.3) is 5.91 Å². The van der Waals surface area contributed by atoms with Gasteiger partial charge < -0.3 is 19.1 Å². The number of hydrogen-bond acceptors (Lipinski definition) is 4. The fourth-order valence-corrected chi connectivity index (χ4v) is 2.98. The molecule has 2 aliphatic rings. The molecule has 0 N–H and O–H groups in total. The number of halogens is 3. The van der Waals surface area contributed by atoms with Gasteiger partial charge in [-0.2, -0.15) is 13.2 Å². The van der Waals surface area contributed by atoms with E-state index >= 15 is 0 Å². The highest BCUT2D eigenvalue weighted by Gasteiger charge is 2.32. The Labute approximate surface area is 149 Å². The standard InChI is InChI=1S/C18H20F3NO4/c1-12-16(25-10-9-24-12)17(23)22-7-5-14(6-8-22)26-15-4-2-3-13(11-15)18(19,20)21/h2-4,11,14H,5-10H2,1H3. The Hall–Kier alpha value is -2.38. The molecule has 142 valence electrons. The van der Waals surface area contributed by atoms with Gasteiger partial charge in [0.2, 0.25) is 5.76 Å². The van der Waals surface area contributed by atoms with Gasteiger partial charge in [0.05, 0.1) is 5.56 Å². The average Bonchev–Trinajstić information content (AvgIpc) is 2.62. The molecule has 3 rings (SSSR count). The zero-order valence-corrected chi connectivity index (χ0v) is 14.3. The van der Waals surface area contributed by atoms with Gasteiger partial charge in [-0.25, -0.2) is 0 Å². The zero-order valence-electron chi connectivity index (χ0n) is 14.3. The predicted molar refractivity (Wildman–Crippen MR) is 86.3 cm³/mol. The summed E-state index contributed by atoms with van der Waals surface area (Å²) < 4.78 is 54.7. The van der Waals surface area contributed by atoms with Crippen LogP contribution in [0.3, 0.4) is 0 Å². The number of benzene rings is 1. The molecule has 0 radical (unpaired) electrons. The third-order valence-corrected chi connectivity index (χ3v) is 4.36. The first-order chi connectivity index (χ1) is 12.3. The Balaban J connectivity index is 1.57. The minimum absolute atomic E-state index is 0.187. The predicted octanol–water partition coefficient (Wildman–Crippen LogP) is 3.35. The Morgan fingerprint density at radius 3 is 2.54 bits per heavy atom. The van der Waals surface area contributed by atoms with Crippen molar-refractivity contribution in [3.8, 4) is 5.75 Å². The van der Waals surface area contributed by atoms with E-state index in [0.717, 1.165) is 12.1 Å². The van der Waals surface area contributed by atoms with Gasteiger partial charge in [0, 0.05) is 25.9 Å². The van der Waals surface area contributed by atoms with Crippen LogP contribution >= 0.6 is 0 Å². The molecule has 2 aliphatic heterocycles. The zero-order chi connectivity index (χ0) is 18.7. The monoisotopic (exact) mass is 371 g/mol. The molecule has 1 fully saturated rings. The van der Waals surface area contributed by atoms with Crippen molar-refractivity contribution in [2.45, 2.75) is 32.0 Å². The van der Waals surface area contributed by atoms with Crippen LogP contribution in [-0.2, 0) is 20.4 Å². The van der Waals surface area contributed by atoms with E-state index < -0.39 is 11.7 Å². The van der Waals surface area contributed by atoms with Crippen molar-refractivity contribution < 1.29 is 32.2 Å². The van der Waals surface area contributed by atoms with Gasteiger partial charge in [-0.3, -0.25) is 4.79 Å². The van der Waals surface area contributed by atoms with Crippen LogP contribution in [0.15, 0.2) is 35.8 Å². The maximum Gasteiger partial charge on any atom is 0.416 e. The topological polar surface area (TPSA) is 48.0 Å². The second kappa shape index (κ2) is 7.47. The molecule has 0 saturated carbocycles. The fourth-order valence-electron chi connectivity index (χ4n) is 2.98. The van der Waals surface area contributed by atoms with E-state index in [1.165, 1.54) is 12.1 Å². The number of nitrogens with zero attached hydrogens (tertiary/aromatic N) is 1. The number of allylic oxidation sites excluding steroid dienone is 1. The van der Waals surface area contributed by atoms with Gasteiger partial charge in [-0.05, 0) is 25.1 Å². The number of carbonyl (C=O) groups excluding carboxylic acids is 1. The number of likely N-dealkylation sites (tertiary alicyclic amines) is 1. The van der Waals surface area contributed by atoms with E-state index in [4.69, 9.17) is 14.2 Å². The maximum absolute atomic E-state index is 12.8. The molecule has 0 spiro atoms. The molecule has 0 bridgehead atoms. The first-order valence-electron chi connectivity index (χ1n) is 8.44. The number of hydrogen-bond donors (Lipinski definition) is 0. The van der Waals surface area contributed by atoms with E-state index in [-0.39, 0.29) is 23.5 Å². The van der Waals surface area contributed by atoms with E-state index in [9.17, 15) is 18.0 Å². The highest BCUT2D eigenvalue weighted by atomic mass is 19.4. The minimum Gasteiger partial charge on any atom is -0.491 e. The molecule has 0 aliphatic carbocycles. The van der Waals surface area contributed by atoms with Crippen LogP contribution < -0.4 is 4.74 Å². The maximum atomic E-state index is 12.8. The highest BCUT2D eigenvalue weighted by Crippen LogP contribution is 2.32. The van der Waals surface area contributed by atoms with Crippen LogP contribution in [-0.4, -0.2) is 43.2 Å². The Bertz CT molecular complexity index is 694. The second-order valence-electron chi connectivity index (χ2n) is 6.22. The summed E-state index contributed by atoms with van der Waals surface area (Å²) in [4.78, 5) is 14.1. The molecule has 1 aromatic carbocycles. The second-order valence-corrected chi connectivity index (χ2v) is 6.22. The molecule has 0 atom stereocenters. The summed E-state index contributed by atoms with van der Waals surface area (Å²) in [5.41, 5.74) is -0.737. The number of piperidine rings is 1. The average molecular weight is 371 g/mol. The molecule has 0 aromatic heterocycles. The fraction of sp³-hybridized carbons (Fsp3) is 0.500. The first kappa shape index (κ1) is 18.4. The van der Waals surface area contributed by atoms with Crippen molar-refractivity contribution in [2.24, 2.45) is 0 Å². The SMILES string of the molecule is CC1=C(C(=O)N2CCC(Oc3cccc(C(F)(F)F)c3)CC2)OCCO1. The summed E-state index contributed by atoms with van der Waals surface area (Å²) in [7, 11) is 0. The van der Waals surface area contributed by atoms with Crippen molar-refractivity contribution in [1.82, 2.24) is 4.90 Å². The summed E-state index contributed by atoms with van der Waals surface area (Å²) in [6, 6.07) is 4.84. The van der Waals surface area contributed by atoms with E-state index in [0.29, 0.717) is 44.9 Å². The summed E-state index contributed by atoms with van der Waals surface area (Å²) >= 11 is 0. The third-order valence-electron chi connectivity index (χ3n) is 4.36. The molecule has 26 heavy (non-hydrogen) atoms. The normalized spacial score (nSPS) is 19.0. The number of amides is 1.